The Morgan fingerprint density at radius 3 is 2.82 bits per heavy atom. The van der Waals surface area contributed by atoms with Crippen molar-refractivity contribution < 1.29 is 0 Å². The van der Waals surface area contributed by atoms with Crippen molar-refractivity contribution >= 4 is 34.5 Å². The molecule has 1 unspecified atom stereocenters. The first-order valence-electron chi connectivity index (χ1n) is 5.16. The molecular weight excluding hydrogens is 277 g/mol. The molecule has 0 saturated heterocycles. The molecule has 0 fully saturated rings. The van der Waals surface area contributed by atoms with E-state index in [9.17, 15) is 0 Å². The van der Waals surface area contributed by atoms with E-state index in [0.29, 0.717) is 10.0 Å². The van der Waals surface area contributed by atoms with Gasteiger partial charge in [-0.2, -0.15) is 0 Å². The summed E-state index contributed by atoms with van der Waals surface area (Å²) < 4.78 is 0. The summed E-state index contributed by atoms with van der Waals surface area (Å²) in [4.78, 5) is 0. The summed E-state index contributed by atoms with van der Waals surface area (Å²) in [6.07, 6.45) is 0.831. The Labute approximate surface area is 114 Å². The second kappa shape index (κ2) is 5.31. The lowest BCUT2D eigenvalue weighted by Gasteiger charge is -2.02. The van der Waals surface area contributed by atoms with Crippen LogP contribution in [0.4, 0.5) is 0 Å². The molecule has 2 N–H and O–H groups in total. The van der Waals surface area contributed by atoms with Crippen LogP contribution in [0.2, 0.25) is 10.0 Å². The van der Waals surface area contributed by atoms with Crippen molar-refractivity contribution in [2.75, 3.05) is 0 Å². The molecule has 6 heteroatoms. The third kappa shape index (κ3) is 2.60. The zero-order valence-electron chi connectivity index (χ0n) is 9.15. The summed E-state index contributed by atoms with van der Waals surface area (Å²) in [5.41, 5.74) is 6.70. The van der Waals surface area contributed by atoms with Crippen LogP contribution in [0.15, 0.2) is 18.2 Å². The maximum atomic E-state index is 6.13. The fourth-order valence-corrected chi connectivity index (χ4v) is 2.74. The third-order valence-electron chi connectivity index (χ3n) is 2.38. The Morgan fingerprint density at radius 1 is 1.35 bits per heavy atom. The molecular formula is C11H11Cl2N3S. The smallest absolute Gasteiger partial charge is 0.149 e. The van der Waals surface area contributed by atoms with Crippen molar-refractivity contribution in [3.05, 3.63) is 33.3 Å². The molecule has 3 nitrogen and oxygen atoms in total. The number of hydrogen-bond donors (Lipinski definition) is 1. The Kier molecular flexibility index (Phi) is 3.99. The van der Waals surface area contributed by atoms with E-state index in [-0.39, 0.29) is 6.04 Å². The first-order chi connectivity index (χ1) is 8.13. The Balaban J connectivity index is 2.40. The zero-order valence-corrected chi connectivity index (χ0v) is 11.5. The lowest BCUT2D eigenvalue weighted by molar-refractivity contribution is 0.683. The minimum atomic E-state index is -0.0702. The van der Waals surface area contributed by atoms with E-state index in [1.165, 1.54) is 11.3 Å². The number of nitrogens with two attached hydrogens (primary N) is 1. The molecule has 0 aliphatic rings. The summed E-state index contributed by atoms with van der Waals surface area (Å²) in [6, 6.07) is 5.38. The van der Waals surface area contributed by atoms with E-state index in [2.05, 4.69) is 10.2 Å². The standard InChI is InChI=1S/C11H11Cl2N3S/c1-2-8(14)11-16-15-10(17-11)6-4-3-5-7(12)9(6)13/h3-5,8H,2,14H2,1H3. The minimum Gasteiger partial charge on any atom is -0.322 e. The normalized spacial score (nSPS) is 12.7. The van der Waals surface area contributed by atoms with E-state index in [1.54, 1.807) is 6.07 Å². The molecule has 1 atom stereocenters. The highest BCUT2D eigenvalue weighted by Crippen LogP contribution is 2.35. The van der Waals surface area contributed by atoms with Crippen molar-refractivity contribution in [3.8, 4) is 10.6 Å². The summed E-state index contributed by atoms with van der Waals surface area (Å²) in [5, 5.41) is 10.8. The van der Waals surface area contributed by atoms with Gasteiger partial charge in [0, 0.05) is 5.56 Å². The maximum absolute atomic E-state index is 6.13. The van der Waals surface area contributed by atoms with Crippen molar-refractivity contribution in [2.24, 2.45) is 5.73 Å². The van der Waals surface area contributed by atoms with Gasteiger partial charge < -0.3 is 5.73 Å². The summed E-state index contributed by atoms with van der Waals surface area (Å²) in [6.45, 7) is 2.01. The van der Waals surface area contributed by atoms with E-state index < -0.39 is 0 Å². The molecule has 1 aromatic heterocycles. The number of nitrogens with zero attached hydrogens (tertiary/aromatic N) is 2. The highest BCUT2D eigenvalue weighted by Gasteiger charge is 2.14. The van der Waals surface area contributed by atoms with Crippen LogP contribution in [0, 0.1) is 0 Å². The molecule has 1 heterocycles. The van der Waals surface area contributed by atoms with E-state index in [0.717, 1.165) is 22.0 Å². The van der Waals surface area contributed by atoms with Gasteiger partial charge in [-0.3, -0.25) is 0 Å². The molecule has 0 radical (unpaired) electrons. The van der Waals surface area contributed by atoms with Gasteiger partial charge in [0.2, 0.25) is 0 Å². The largest absolute Gasteiger partial charge is 0.322 e. The molecule has 1 aromatic carbocycles. The van der Waals surface area contributed by atoms with E-state index in [4.69, 9.17) is 28.9 Å². The van der Waals surface area contributed by atoms with Crippen molar-refractivity contribution in [3.63, 3.8) is 0 Å². The maximum Gasteiger partial charge on any atom is 0.149 e. The summed E-state index contributed by atoms with van der Waals surface area (Å²) in [5.74, 6) is 0. The average Bonchev–Trinajstić information content (AvgIpc) is 2.81. The van der Waals surface area contributed by atoms with Gasteiger partial charge in [-0.1, -0.05) is 53.6 Å². The quantitative estimate of drug-likeness (QED) is 0.931. The Hall–Kier alpha value is -0.680. The van der Waals surface area contributed by atoms with Crippen LogP contribution in [0.5, 0.6) is 0 Å². The van der Waals surface area contributed by atoms with Gasteiger partial charge in [-0.05, 0) is 12.5 Å². The first-order valence-corrected chi connectivity index (χ1v) is 6.74. The predicted molar refractivity (Wildman–Crippen MR) is 72.6 cm³/mol. The SMILES string of the molecule is CCC(N)c1nnc(-c2cccc(Cl)c2Cl)s1. The van der Waals surface area contributed by atoms with Crippen LogP contribution in [0.25, 0.3) is 10.6 Å². The molecule has 0 amide bonds. The Morgan fingerprint density at radius 2 is 2.12 bits per heavy atom. The van der Waals surface area contributed by atoms with Gasteiger partial charge in [-0.25, -0.2) is 0 Å². The summed E-state index contributed by atoms with van der Waals surface area (Å²) >= 11 is 13.5. The van der Waals surface area contributed by atoms with Crippen LogP contribution in [0.1, 0.15) is 24.4 Å². The van der Waals surface area contributed by atoms with E-state index >= 15 is 0 Å². The number of rotatable bonds is 3. The number of hydrogen-bond acceptors (Lipinski definition) is 4. The van der Waals surface area contributed by atoms with Crippen LogP contribution in [0.3, 0.4) is 0 Å². The highest BCUT2D eigenvalue weighted by atomic mass is 35.5. The van der Waals surface area contributed by atoms with Crippen molar-refractivity contribution in [1.82, 2.24) is 10.2 Å². The lowest BCUT2D eigenvalue weighted by Crippen LogP contribution is -2.07. The summed E-state index contributed by atoms with van der Waals surface area (Å²) in [7, 11) is 0. The fraction of sp³-hybridized carbons (Fsp3) is 0.273. The predicted octanol–water partition coefficient (Wildman–Crippen LogP) is 3.92. The van der Waals surface area contributed by atoms with Crippen LogP contribution >= 0.6 is 34.5 Å². The zero-order chi connectivity index (χ0) is 12.4. The molecule has 0 aliphatic heterocycles. The topological polar surface area (TPSA) is 51.8 Å². The number of aromatic nitrogens is 2. The molecule has 17 heavy (non-hydrogen) atoms. The molecule has 0 aliphatic carbocycles. The first kappa shape index (κ1) is 12.8. The lowest BCUT2D eigenvalue weighted by atomic mass is 10.2. The van der Waals surface area contributed by atoms with Gasteiger partial charge in [-0.15, -0.1) is 10.2 Å². The highest BCUT2D eigenvalue weighted by molar-refractivity contribution is 7.14. The average molecular weight is 288 g/mol. The van der Waals surface area contributed by atoms with Gasteiger partial charge in [0.15, 0.2) is 0 Å². The molecule has 0 spiro atoms. The van der Waals surface area contributed by atoms with Crippen molar-refractivity contribution in [1.29, 1.82) is 0 Å². The molecule has 2 rings (SSSR count). The van der Waals surface area contributed by atoms with Crippen LogP contribution in [-0.2, 0) is 0 Å². The van der Waals surface area contributed by atoms with Crippen LogP contribution < -0.4 is 5.73 Å². The van der Waals surface area contributed by atoms with Gasteiger partial charge >= 0.3 is 0 Å². The van der Waals surface area contributed by atoms with E-state index in [1.807, 2.05) is 19.1 Å². The minimum absolute atomic E-state index is 0.0702. The molecule has 90 valence electrons. The molecule has 2 aromatic rings. The Bertz CT molecular complexity index is 527. The van der Waals surface area contributed by atoms with Gasteiger partial charge in [0.1, 0.15) is 10.0 Å². The second-order valence-electron chi connectivity index (χ2n) is 3.56. The fourth-order valence-electron chi connectivity index (χ4n) is 1.34. The van der Waals surface area contributed by atoms with Gasteiger partial charge in [0.25, 0.3) is 0 Å². The van der Waals surface area contributed by atoms with Crippen LogP contribution in [-0.4, -0.2) is 10.2 Å². The third-order valence-corrected chi connectivity index (χ3v) is 4.29. The molecule has 0 bridgehead atoms. The second-order valence-corrected chi connectivity index (χ2v) is 5.36. The monoisotopic (exact) mass is 287 g/mol. The number of halogens is 2. The number of benzene rings is 1. The van der Waals surface area contributed by atoms with Crippen molar-refractivity contribution in [2.45, 2.75) is 19.4 Å². The molecule has 0 saturated carbocycles. The van der Waals surface area contributed by atoms with Gasteiger partial charge in [0.05, 0.1) is 16.1 Å².